The molecule has 2 N–H and O–H groups in total. The molecule has 0 bridgehead atoms. The Kier molecular flexibility index (Phi) is 4.21. The van der Waals surface area contributed by atoms with Crippen LogP contribution in [0.4, 0.5) is 5.69 Å². The summed E-state index contributed by atoms with van der Waals surface area (Å²) in [7, 11) is 3.11. The molecule has 100 valence electrons. The van der Waals surface area contributed by atoms with Crippen LogP contribution in [-0.4, -0.2) is 24.2 Å². The third-order valence-corrected chi connectivity index (χ3v) is 3.33. The largest absolute Gasteiger partial charge is 0.481 e. The maximum atomic E-state index is 6.01. The summed E-state index contributed by atoms with van der Waals surface area (Å²) in [6.45, 7) is 0. The number of nitrogen functional groups attached to an aromatic ring is 1. The van der Waals surface area contributed by atoms with Gasteiger partial charge in [0, 0.05) is 16.6 Å². The van der Waals surface area contributed by atoms with E-state index in [4.69, 9.17) is 15.2 Å². The molecule has 2 rings (SSSR count). The summed E-state index contributed by atoms with van der Waals surface area (Å²) in [5.74, 6) is 1.53. The number of nitrogens with two attached hydrogens (primary N) is 1. The zero-order chi connectivity index (χ0) is 13.8. The predicted molar refractivity (Wildman–Crippen MR) is 76.5 cm³/mol. The Morgan fingerprint density at radius 1 is 1.16 bits per heavy atom. The van der Waals surface area contributed by atoms with E-state index in [1.54, 1.807) is 20.3 Å². The van der Waals surface area contributed by atoms with E-state index in [1.807, 2.05) is 18.2 Å². The minimum atomic E-state index is 0.468. The van der Waals surface area contributed by atoms with Crippen molar-refractivity contribution in [3.8, 4) is 11.8 Å². The van der Waals surface area contributed by atoms with E-state index in [1.165, 1.54) is 0 Å². The Morgan fingerprint density at radius 3 is 2.37 bits per heavy atom. The van der Waals surface area contributed by atoms with Crippen molar-refractivity contribution in [2.45, 2.75) is 6.42 Å². The van der Waals surface area contributed by atoms with Gasteiger partial charge in [0.2, 0.25) is 11.8 Å². The Morgan fingerprint density at radius 2 is 1.79 bits per heavy atom. The molecule has 0 aliphatic rings. The van der Waals surface area contributed by atoms with Crippen molar-refractivity contribution in [2.75, 3.05) is 20.0 Å². The number of hydrogen-bond acceptors (Lipinski definition) is 5. The van der Waals surface area contributed by atoms with Gasteiger partial charge in [-0.15, -0.1) is 0 Å². The number of ether oxygens (including phenoxy) is 2. The van der Waals surface area contributed by atoms with E-state index in [0.29, 0.717) is 29.7 Å². The lowest BCUT2D eigenvalue weighted by atomic mass is 10.1. The molecule has 2 aromatic rings. The predicted octanol–water partition coefficient (Wildman–Crippen LogP) is 2.43. The lowest BCUT2D eigenvalue weighted by molar-refractivity contribution is 0.369. The first kappa shape index (κ1) is 13.6. The Bertz CT molecular complexity index is 568. The fourth-order valence-corrected chi connectivity index (χ4v) is 2.05. The molecule has 0 aliphatic heterocycles. The summed E-state index contributed by atoms with van der Waals surface area (Å²) >= 11 is 3.40. The highest BCUT2D eigenvalue weighted by atomic mass is 79.9. The Labute approximate surface area is 119 Å². The van der Waals surface area contributed by atoms with E-state index in [2.05, 4.69) is 25.9 Å². The molecule has 0 atom stereocenters. The van der Waals surface area contributed by atoms with Crippen molar-refractivity contribution >= 4 is 21.6 Å². The SMILES string of the molecule is COc1cc(OC)nc(Cc2cccc(Br)c2N)n1. The van der Waals surface area contributed by atoms with Crippen LogP contribution in [0.2, 0.25) is 0 Å². The van der Waals surface area contributed by atoms with Crippen LogP contribution in [0.5, 0.6) is 11.8 Å². The van der Waals surface area contributed by atoms with Gasteiger partial charge in [0.05, 0.1) is 20.3 Å². The molecule has 1 aromatic carbocycles. The van der Waals surface area contributed by atoms with E-state index >= 15 is 0 Å². The van der Waals surface area contributed by atoms with Crippen molar-refractivity contribution < 1.29 is 9.47 Å². The number of rotatable bonds is 4. The molecule has 0 saturated heterocycles. The number of anilines is 1. The highest BCUT2D eigenvalue weighted by Crippen LogP contribution is 2.25. The van der Waals surface area contributed by atoms with Gasteiger partial charge in [-0.1, -0.05) is 12.1 Å². The molecule has 5 nitrogen and oxygen atoms in total. The zero-order valence-corrected chi connectivity index (χ0v) is 12.3. The third-order valence-electron chi connectivity index (χ3n) is 2.64. The Hall–Kier alpha value is -1.82. The summed E-state index contributed by atoms with van der Waals surface area (Å²) in [6, 6.07) is 7.39. The van der Waals surface area contributed by atoms with Gasteiger partial charge < -0.3 is 15.2 Å². The van der Waals surface area contributed by atoms with Crippen molar-refractivity contribution in [2.24, 2.45) is 0 Å². The van der Waals surface area contributed by atoms with Gasteiger partial charge in [-0.25, -0.2) is 0 Å². The second-order valence-electron chi connectivity index (χ2n) is 3.86. The van der Waals surface area contributed by atoms with E-state index in [0.717, 1.165) is 10.0 Å². The highest BCUT2D eigenvalue weighted by molar-refractivity contribution is 9.10. The normalized spacial score (nSPS) is 10.3. The highest BCUT2D eigenvalue weighted by Gasteiger charge is 2.09. The van der Waals surface area contributed by atoms with Crippen LogP contribution in [0.3, 0.4) is 0 Å². The van der Waals surface area contributed by atoms with Gasteiger partial charge in [-0.3, -0.25) is 0 Å². The first-order valence-electron chi connectivity index (χ1n) is 5.63. The maximum Gasteiger partial charge on any atom is 0.220 e. The van der Waals surface area contributed by atoms with Crippen LogP contribution in [-0.2, 0) is 6.42 Å². The van der Waals surface area contributed by atoms with Gasteiger partial charge in [-0.05, 0) is 27.6 Å². The Balaban J connectivity index is 2.34. The van der Waals surface area contributed by atoms with Crippen LogP contribution in [0.1, 0.15) is 11.4 Å². The van der Waals surface area contributed by atoms with Crippen molar-refractivity contribution in [1.82, 2.24) is 9.97 Å². The van der Waals surface area contributed by atoms with E-state index in [-0.39, 0.29) is 0 Å². The number of methoxy groups -OCH3 is 2. The van der Waals surface area contributed by atoms with Crippen LogP contribution in [0.25, 0.3) is 0 Å². The molecule has 0 saturated carbocycles. The van der Waals surface area contributed by atoms with E-state index < -0.39 is 0 Å². The average Bonchev–Trinajstić information content (AvgIpc) is 2.43. The zero-order valence-electron chi connectivity index (χ0n) is 10.7. The molecule has 0 unspecified atom stereocenters. The number of aromatic nitrogens is 2. The molecule has 0 fully saturated rings. The monoisotopic (exact) mass is 323 g/mol. The fourth-order valence-electron chi connectivity index (χ4n) is 1.64. The van der Waals surface area contributed by atoms with Crippen LogP contribution >= 0.6 is 15.9 Å². The molecule has 0 aliphatic carbocycles. The van der Waals surface area contributed by atoms with Crippen LogP contribution in [0.15, 0.2) is 28.7 Å². The van der Waals surface area contributed by atoms with Gasteiger partial charge in [0.15, 0.2) is 0 Å². The first-order chi connectivity index (χ1) is 9.13. The smallest absolute Gasteiger partial charge is 0.220 e. The van der Waals surface area contributed by atoms with Crippen molar-refractivity contribution in [3.63, 3.8) is 0 Å². The molecular weight excluding hydrogens is 310 g/mol. The fraction of sp³-hybridized carbons (Fsp3) is 0.231. The van der Waals surface area contributed by atoms with Crippen molar-refractivity contribution in [1.29, 1.82) is 0 Å². The minimum Gasteiger partial charge on any atom is -0.481 e. The third kappa shape index (κ3) is 3.14. The van der Waals surface area contributed by atoms with Crippen LogP contribution < -0.4 is 15.2 Å². The van der Waals surface area contributed by atoms with Gasteiger partial charge in [0.1, 0.15) is 5.82 Å². The summed E-state index contributed by atoms with van der Waals surface area (Å²) in [5, 5.41) is 0. The molecule has 0 amide bonds. The quantitative estimate of drug-likeness (QED) is 0.875. The second-order valence-corrected chi connectivity index (χ2v) is 4.71. The molecule has 19 heavy (non-hydrogen) atoms. The second kappa shape index (κ2) is 5.88. The van der Waals surface area contributed by atoms with Gasteiger partial charge in [0.25, 0.3) is 0 Å². The topological polar surface area (TPSA) is 70.3 Å². The minimum absolute atomic E-state index is 0.468. The maximum absolute atomic E-state index is 6.01. The number of hydrogen-bond donors (Lipinski definition) is 1. The van der Waals surface area contributed by atoms with Crippen molar-refractivity contribution in [3.05, 3.63) is 40.1 Å². The van der Waals surface area contributed by atoms with Gasteiger partial charge >= 0.3 is 0 Å². The molecule has 1 heterocycles. The average molecular weight is 324 g/mol. The van der Waals surface area contributed by atoms with Gasteiger partial charge in [-0.2, -0.15) is 9.97 Å². The standard InChI is InChI=1S/C13H14BrN3O2/c1-18-11-7-12(19-2)17-10(16-11)6-8-4-3-5-9(14)13(8)15/h3-5,7H,6,15H2,1-2H3. The lowest BCUT2D eigenvalue weighted by Crippen LogP contribution is -2.03. The lowest BCUT2D eigenvalue weighted by Gasteiger charge is -2.09. The molecule has 0 spiro atoms. The molecule has 0 radical (unpaired) electrons. The number of halogens is 1. The first-order valence-corrected chi connectivity index (χ1v) is 6.42. The molecular formula is C13H14BrN3O2. The summed E-state index contributed by atoms with van der Waals surface area (Å²) in [6.07, 6.45) is 0.513. The number of benzene rings is 1. The number of nitrogens with zero attached hydrogens (tertiary/aromatic N) is 2. The summed E-state index contributed by atoms with van der Waals surface area (Å²) in [5.41, 5.74) is 7.64. The summed E-state index contributed by atoms with van der Waals surface area (Å²) < 4.78 is 11.1. The van der Waals surface area contributed by atoms with E-state index in [9.17, 15) is 0 Å². The molecule has 1 aromatic heterocycles. The van der Waals surface area contributed by atoms with Crippen LogP contribution in [0, 0.1) is 0 Å². The molecule has 6 heteroatoms. The number of para-hydroxylation sites is 1. The summed E-state index contributed by atoms with van der Waals surface area (Å²) in [4.78, 5) is 8.56.